The van der Waals surface area contributed by atoms with Crippen molar-refractivity contribution in [3.8, 4) is 0 Å². The van der Waals surface area contributed by atoms with Gasteiger partial charge in [0.1, 0.15) is 0 Å². The highest BCUT2D eigenvalue weighted by molar-refractivity contribution is 5.45. The van der Waals surface area contributed by atoms with Crippen LogP contribution in [-0.4, -0.2) is 6.54 Å². The van der Waals surface area contributed by atoms with Crippen molar-refractivity contribution in [2.24, 2.45) is 17.8 Å². The molecule has 1 aromatic carbocycles. The topological polar surface area (TPSA) is 12.0 Å². The Bertz CT molecular complexity index is 461. The average molecular weight is 255 g/mol. The van der Waals surface area contributed by atoms with Crippen LogP contribution in [0.5, 0.6) is 0 Å². The third-order valence-electron chi connectivity index (χ3n) is 4.47. The van der Waals surface area contributed by atoms with Crippen LogP contribution in [0.15, 0.2) is 12.1 Å². The lowest BCUT2D eigenvalue weighted by atomic mass is 9.89. The minimum absolute atomic E-state index is 0.0664. The summed E-state index contributed by atoms with van der Waals surface area (Å²) in [7, 11) is 0. The molecule has 1 nitrogen and oxygen atoms in total. The van der Waals surface area contributed by atoms with Gasteiger partial charge in [0.25, 0.3) is 0 Å². The fourth-order valence-electron chi connectivity index (χ4n) is 3.53. The van der Waals surface area contributed by atoms with Crippen LogP contribution in [0.1, 0.15) is 25.7 Å². The lowest BCUT2D eigenvalue weighted by molar-refractivity contribution is 0.347. The number of rotatable bonds is 3. The molecule has 3 unspecified atom stereocenters. The molecule has 1 aromatic rings. The molecule has 4 heteroatoms. The summed E-state index contributed by atoms with van der Waals surface area (Å²) < 4.78 is 39.3. The van der Waals surface area contributed by atoms with Crippen LogP contribution in [0.3, 0.4) is 0 Å². The summed E-state index contributed by atoms with van der Waals surface area (Å²) in [6, 6.07) is 2.22. The van der Waals surface area contributed by atoms with E-state index in [0.29, 0.717) is 12.5 Å². The Morgan fingerprint density at radius 3 is 2.56 bits per heavy atom. The van der Waals surface area contributed by atoms with Gasteiger partial charge in [-0.1, -0.05) is 6.42 Å². The fourth-order valence-corrected chi connectivity index (χ4v) is 3.53. The van der Waals surface area contributed by atoms with Gasteiger partial charge in [0.05, 0.1) is 5.69 Å². The van der Waals surface area contributed by atoms with Gasteiger partial charge in [-0.25, -0.2) is 13.2 Å². The van der Waals surface area contributed by atoms with Gasteiger partial charge in [0.15, 0.2) is 17.5 Å². The predicted molar refractivity (Wildman–Crippen MR) is 63.7 cm³/mol. The van der Waals surface area contributed by atoms with Gasteiger partial charge in [0, 0.05) is 6.54 Å². The Kier molecular flexibility index (Phi) is 2.96. The molecular weight excluding hydrogens is 239 g/mol. The monoisotopic (exact) mass is 255 g/mol. The normalized spacial score (nSPS) is 29.8. The number of fused-ring (bicyclic) bond motifs is 2. The number of hydrogen-bond donors (Lipinski definition) is 1. The van der Waals surface area contributed by atoms with Crippen LogP contribution in [0.4, 0.5) is 18.9 Å². The molecule has 0 heterocycles. The molecule has 98 valence electrons. The third-order valence-corrected chi connectivity index (χ3v) is 4.47. The third kappa shape index (κ3) is 1.98. The van der Waals surface area contributed by atoms with Gasteiger partial charge in [-0.3, -0.25) is 0 Å². The van der Waals surface area contributed by atoms with Gasteiger partial charge >= 0.3 is 0 Å². The quantitative estimate of drug-likeness (QED) is 0.806. The van der Waals surface area contributed by atoms with Crippen molar-refractivity contribution in [3.63, 3.8) is 0 Å². The molecule has 0 saturated heterocycles. The summed E-state index contributed by atoms with van der Waals surface area (Å²) in [5, 5.41) is 2.93. The van der Waals surface area contributed by atoms with Crippen molar-refractivity contribution in [2.75, 3.05) is 11.9 Å². The second kappa shape index (κ2) is 4.48. The van der Waals surface area contributed by atoms with Crippen molar-refractivity contribution >= 4 is 5.69 Å². The molecule has 2 saturated carbocycles. The lowest BCUT2D eigenvalue weighted by Gasteiger charge is -2.22. The van der Waals surface area contributed by atoms with E-state index in [9.17, 15) is 13.2 Å². The molecule has 0 aliphatic heterocycles. The molecule has 3 rings (SSSR count). The van der Waals surface area contributed by atoms with E-state index < -0.39 is 17.5 Å². The first-order valence-electron chi connectivity index (χ1n) is 6.52. The first-order chi connectivity index (χ1) is 8.65. The molecule has 0 spiro atoms. The number of halogens is 3. The Balaban J connectivity index is 1.65. The second-order valence-corrected chi connectivity index (χ2v) is 5.54. The van der Waals surface area contributed by atoms with E-state index in [1.807, 2.05) is 0 Å². The minimum atomic E-state index is -1.40. The summed E-state index contributed by atoms with van der Waals surface area (Å²) in [5.74, 6) is -1.53. The summed E-state index contributed by atoms with van der Waals surface area (Å²) in [6.07, 6.45) is 5.05. The smallest absolute Gasteiger partial charge is 0.196 e. The van der Waals surface area contributed by atoms with Crippen LogP contribution in [0, 0.1) is 35.2 Å². The fraction of sp³-hybridized carbons (Fsp3) is 0.571. The minimum Gasteiger partial charge on any atom is -0.382 e. The predicted octanol–water partition coefficient (Wildman–Crippen LogP) is 3.95. The zero-order chi connectivity index (χ0) is 12.7. The molecular formula is C14H16F3N. The van der Waals surface area contributed by atoms with Crippen LogP contribution in [0.25, 0.3) is 0 Å². The van der Waals surface area contributed by atoms with E-state index in [4.69, 9.17) is 0 Å². The lowest BCUT2D eigenvalue weighted by Crippen LogP contribution is -2.20. The molecule has 1 N–H and O–H groups in total. The molecule has 2 fully saturated rings. The molecule has 0 aromatic heterocycles. The highest BCUT2D eigenvalue weighted by Gasteiger charge is 2.39. The van der Waals surface area contributed by atoms with E-state index in [0.717, 1.165) is 17.9 Å². The largest absolute Gasteiger partial charge is 0.382 e. The molecule has 2 aliphatic rings. The van der Waals surface area contributed by atoms with Gasteiger partial charge in [-0.15, -0.1) is 0 Å². The summed E-state index contributed by atoms with van der Waals surface area (Å²) in [6.45, 7) is 0.656. The van der Waals surface area contributed by atoms with Crippen molar-refractivity contribution in [1.82, 2.24) is 0 Å². The standard InChI is InChI=1S/C14H16F3N/c15-11-3-4-12(14(17)13(11)16)18-7-10-6-8-1-2-9(10)5-8/h3-4,8-10,18H,1-2,5-7H2. The highest BCUT2D eigenvalue weighted by Crippen LogP contribution is 2.48. The van der Waals surface area contributed by atoms with E-state index >= 15 is 0 Å². The van der Waals surface area contributed by atoms with Gasteiger partial charge in [0.2, 0.25) is 0 Å². The van der Waals surface area contributed by atoms with Crippen molar-refractivity contribution < 1.29 is 13.2 Å². The van der Waals surface area contributed by atoms with Crippen molar-refractivity contribution in [2.45, 2.75) is 25.7 Å². The van der Waals surface area contributed by atoms with Crippen molar-refractivity contribution in [1.29, 1.82) is 0 Å². The van der Waals surface area contributed by atoms with Gasteiger partial charge in [-0.05, 0) is 49.1 Å². The summed E-state index contributed by atoms with van der Waals surface area (Å²) >= 11 is 0. The second-order valence-electron chi connectivity index (χ2n) is 5.54. The Hall–Kier alpha value is -1.19. The first kappa shape index (κ1) is 11.9. The molecule has 2 bridgehead atoms. The van der Waals surface area contributed by atoms with E-state index in [1.165, 1.54) is 31.7 Å². The Labute approximate surface area is 104 Å². The van der Waals surface area contributed by atoms with Gasteiger partial charge < -0.3 is 5.32 Å². The number of nitrogens with one attached hydrogen (secondary N) is 1. The maximum Gasteiger partial charge on any atom is 0.196 e. The maximum atomic E-state index is 13.4. The number of anilines is 1. The summed E-state index contributed by atoms with van der Waals surface area (Å²) in [5.41, 5.74) is 0.0664. The number of benzene rings is 1. The molecule has 18 heavy (non-hydrogen) atoms. The van der Waals surface area contributed by atoms with Crippen LogP contribution in [0.2, 0.25) is 0 Å². The average Bonchev–Trinajstić information content (AvgIpc) is 2.97. The SMILES string of the molecule is Fc1ccc(NCC2CC3CCC2C3)c(F)c1F. The van der Waals surface area contributed by atoms with E-state index in [-0.39, 0.29) is 5.69 Å². The van der Waals surface area contributed by atoms with Gasteiger partial charge in [-0.2, -0.15) is 0 Å². The summed E-state index contributed by atoms with van der Waals surface area (Å²) in [4.78, 5) is 0. The zero-order valence-electron chi connectivity index (χ0n) is 10.1. The molecule has 0 amide bonds. The molecule has 2 aliphatic carbocycles. The highest BCUT2D eigenvalue weighted by atomic mass is 19.2. The first-order valence-corrected chi connectivity index (χ1v) is 6.52. The van der Waals surface area contributed by atoms with Crippen molar-refractivity contribution in [3.05, 3.63) is 29.6 Å². The van der Waals surface area contributed by atoms with E-state index in [2.05, 4.69) is 5.32 Å². The van der Waals surface area contributed by atoms with E-state index in [1.54, 1.807) is 0 Å². The van der Waals surface area contributed by atoms with Crippen LogP contribution < -0.4 is 5.32 Å². The van der Waals surface area contributed by atoms with Crippen LogP contribution >= 0.6 is 0 Å². The van der Waals surface area contributed by atoms with Crippen LogP contribution in [-0.2, 0) is 0 Å². The molecule has 0 radical (unpaired) electrons. The molecule has 3 atom stereocenters. The Morgan fingerprint density at radius 2 is 1.89 bits per heavy atom. The zero-order valence-corrected chi connectivity index (χ0v) is 10.1. The number of hydrogen-bond acceptors (Lipinski definition) is 1. The Morgan fingerprint density at radius 1 is 1.06 bits per heavy atom. The maximum absolute atomic E-state index is 13.4.